The van der Waals surface area contributed by atoms with Gasteiger partial charge in [0.1, 0.15) is 6.61 Å². The second kappa shape index (κ2) is 10.4. The van der Waals surface area contributed by atoms with Gasteiger partial charge in [-0.1, -0.05) is 101 Å². The molecular formula is C28H34O6. The maximum Gasteiger partial charge on any atom is 0.319 e. The van der Waals surface area contributed by atoms with Crippen LogP contribution < -0.4 is 0 Å². The Kier molecular flexibility index (Phi) is 7.80. The number of carboxylic acids is 2. The molecule has 1 aliphatic carbocycles. The molecule has 1 fully saturated rings. The van der Waals surface area contributed by atoms with E-state index in [-0.39, 0.29) is 18.9 Å². The lowest BCUT2D eigenvalue weighted by molar-refractivity contribution is -0.190. The molecule has 182 valence electrons. The Morgan fingerprint density at radius 2 is 1.38 bits per heavy atom. The van der Waals surface area contributed by atoms with E-state index in [0.29, 0.717) is 5.56 Å². The fourth-order valence-corrected chi connectivity index (χ4v) is 5.72. The Labute approximate surface area is 201 Å². The van der Waals surface area contributed by atoms with Crippen molar-refractivity contribution in [3.8, 4) is 0 Å². The minimum absolute atomic E-state index is 0.0246. The number of benzene rings is 2. The van der Waals surface area contributed by atoms with E-state index in [2.05, 4.69) is 0 Å². The molecule has 2 aromatic rings. The van der Waals surface area contributed by atoms with E-state index < -0.39 is 40.6 Å². The van der Waals surface area contributed by atoms with Crippen molar-refractivity contribution in [2.45, 2.75) is 53.1 Å². The molecule has 6 heteroatoms. The van der Waals surface area contributed by atoms with E-state index in [9.17, 15) is 24.6 Å². The summed E-state index contributed by atoms with van der Waals surface area (Å²) in [6.07, 6.45) is 2.61. The maximum atomic E-state index is 14.1. The predicted octanol–water partition coefficient (Wildman–Crippen LogP) is 5.21. The Balaban J connectivity index is 2.19. The van der Waals surface area contributed by atoms with Gasteiger partial charge in [-0.3, -0.25) is 14.4 Å². The number of ether oxygens (including phenoxy) is 1. The fraction of sp³-hybridized carbons (Fsp3) is 0.464. The first kappa shape index (κ1) is 25.5. The van der Waals surface area contributed by atoms with Crippen molar-refractivity contribution in [1.82, 2.24) is 0 Å². The highest BCUT2D eigenvalue weighted by Crippen LogP contribution is 2.56. The first-order valence-corrected chi connectivity index (χ1v) is 11.8. The Morgan fingerprint density at radius 3 is 1.79 bits per heavy atom. The summed E-state index contributed by atoms with van der Waals surface area (Å²) in [4.78, 5) is 39.1. The van der Waals surface area contributed by atoms with E-state index in [1.807, 2.05) is 57.2 Å². The molecule has 1 aliphatic rings. The number of aliphatic carboxylic acids is 2. The van der Waals surface area contributed by atoms with Crippen molar-refractivity contribution in [2.24, 2.45) is 28.6 Å². The molecule has 0 aromatic heterocycles. The SMILES string of the molecule is CC(C)(C)C(C1CCC1)C(Cc1ccccc1)(C(=O)OCc1ccccc1)C(C(=O)O)C(=O)O. The van der Waals surface area contributed by atoms with Crippen LogP contribution in [0.4, 0.5) is 0 Å². The largest absolute Gasteiger partial charge is 0.481 e. The van der Waals surface area contributed by atoms with Crippen LogP contribution >= 0.6 is 0 Å². The fourth-order valence-electron chi connectivity index (χ4n) is 5.72. The van der Waals surface area contributed by atoms with E-state index in [1.54, 1.807) is 24.3 Å². The van der Waals surface area contributed by atoms with Gasteiger partial charge in [-0.15, -0.1) is 0 Å². The first-order valence-electron chi connectivity index (χ1n) is 11.8. The highest BCUT2D eigenvalue weighted by atomic mass is 16.5. The molecule has 2 unspecified atom stereocenters. The average Bonchev–Trinajstić information content (AvgIpc) is 2.74. The van der Waals surface area contributed by atoms with E-state index >= 15 is 0 Å². The molecule has 0 amide bonds. The second-order valence-corrected chi connectivity index (χ2v) is 10.4. The number of carbonyl (C=O) groups is 3. The minimum Gasteiger partial charge on any atom is -0.481 e. The molecule has 34 heavy (non-hydrogen) atoms. The van der Waals surface area contributed by atoms with Crippen LogP contribution in [-0.2, 0) is 32.1 Å². The summed E-state index contributed by atoms with van der Waals surface area (Å²) in [5.74, 6) is -6.21. The normalized spacial score (nSPS) is 16.8. The van der Waals surface area contributed by atoms with Gasteiger partial charge in [-0.2, -0.15) is 0 Å². The third kappa shape index (κ3) is 5.32. The maximum absolute atomic E-state index is 14.1. The van der Waals surface area contributed by atoms with E-state index in [1.165, 1.54) is 0 Å². The molecule has 2 aromatic carbocycles. The monoisotopic (exact) mass is 466 g/mol. The van der Waals surface area contributed by atoms with Gasteiger partial charge in [-0.25, -0.2) is 0 Å². The quantitative estimate of drug-likeness (QED) is 0.368. The number of carboxylic acid groups (broad SMARTS) is 2. The smallest absolute Gasteiger partial charge is 0.319 e. The third-order valence-corrected chi connectivity index (χ3v) is 7.05. The van der Waals surface area contributed by atoms with Crippen LogP contribution in [0.25, 0.3) is 0 Å². The average molecular weight is 467 g/mol. The predicted molar refractivity (Wildman–Crippen MR) is 128 cm³/mol. The van der Waals surface area contributed by atoms with Crippen LogP contribution in [0, 0.1) is 28.6 Å². The van der Waals surface area contributed by atoms with Gasteiger partial charge in [-0.05, 0) is 34.8 Å². The number of rotatable bonds is 10. The van der Waals surface area contributed by atoms with E-state index in [0.717, 1.165) is 24.8 Å². The van der Waals surface area contributed by atoms with Gasteiger partial charge in [0.25, 0.3) is 0 Å². The van der Waals surface area contributed by atoms with Gasteiger partial charge in [0.2, 0.25) is 0 Å². The number of hydrogen-bond donors (Lipinski definition) is 2. The minimum atomic E-state index is -1.94. The Hall–Kier alpha value is -3.15. The van der Waals surface area contributed by atoms with Crippen molar-refractivity contribution in [3.63, 3.8) is 0 Å². The lowest BCUT2D eigenvalue weighted by atomic mass is 9.49. The third-order valence-electron chi connectivity index (χ3n) is 7.05. The highest BCUT2D eigenvalue weighted by molar-refractivity contribution is 6.00. The van der Waals surface area contributed by atoms with Crippen molar-refractivity contribution in [3.05, 3.63) is 71.8 Å². The summed E-state index contributed by atoms with van der Waals surface area (Å²) < 4.78 is 5.78. The Bertz CT molecular complexity index is 977. The molecule has 3 rings (SSSR count). The van der Waals surface area contributed by atoms with Crippen molar-refractivity contribution >= 4 is 17.9 Å². The number of esters is 1. The summed E-state index contributed by atoms with van der Waals surface area (Å²) in [7, 11) is 0. The summed E-state index contributed by atoms with van der Waals surface area (Å²) in [6, 6.07) is 18.2. The van der Waals surface area contributed by atoms with Gasteiger partial charge in [0, 0.05) is 0 Å². The van der Waals surface area contributed by atoms with Crippen LogP contribution in [0.2, 0.25) is 0 Å². The number of hydrogen-bond acceptors (Lipinski definition) is 4. The first-order chi connectivity index (χ1) is 16.1. The standard InChI is InChI=1S/C28H34O6/c1-27(2,3)23(21-15-10-16-21)28(22(24(29)30)25(31)32,17-19-11-6-4-7-12-19)26(33)34-18-20-13-8-5-9-14-20/h4-9,11-14,21-23H,10,15-18H2,1-3H3,(H,29,30)(H,31,32). The summed E-state index contributed by atoms with van der Waals surface area (Å²) in [6.45, 7) is 5.83. The van der Waals surface area contributed by atoms with Crippen LogP contribution in [0.3, 0.4) is 0 Å². The van der Waals surface area contributed by atoms with Crippen molar-refractivity contribution in [1.29, 1.82) is 0 Å². The van der Waals surface area contributed by atoms with Crippen molar-refractivity contribution < 1.29 is 29.3 Å². The molecule has 0 spiro atoms. The van der Waals surface area contributed by atoms with Crippen LogP contribution in [0.15, 0.2) is 60.7 Å². The van der Waals surface area contributed by atoms with Crippen LogP contribution in [0.1, 0.15) is 51.2 Å². The summed E-state index contributed by atoms with van der Waals surface area (Å²) >= 11 is 0. The molecule has 0 saturated heterocycles. The summed E-state index contributed by atoms with van der Waals surface area (Å²) in [5, 5.41) is 20.4. The second-order valence-electron chi connectivity index (χ2n) is 10.4. The zero-order valence-electron chi connectivity index (χ0n) is 20.1. The zero-order valence-corrected chi connectivity index (χ0v) is 20.1. The lowest BCUT2D eigenvalue weighted by Crippen LogP contribution is -2.59. The van der Waals surface area contributed by atoms with Gasteiger partial charge >= 0.3 is 17.9 Å². The highest BCUT2D eigenvalue weighted by Gasteiger charge is 2.63. The number of carbonyl (C=O) groups excluding carboxylic acids is 1. The zero-order chi connectivity index (χ0) is 24.9. The molecule has 0 radical (unpaired) electrons. The lowest BCUT2D eigenvalue weighted by Gasteiger charge is -2.52. The Morgan fingerprint density at radius 1 is 0.882 bits per heavy atom. The van der Waals surface area contributed by atoms with Gasteiger partial charge in [0.15, 0.2) is 5.92 Å². The molecule has 2 atom stereocenters. The van der Waals surface area contributed by atoms with Crippen LogP contribution in [-0.4, -0.2) is 28.1 Å². The van der Waals surface area contributed by atoms with Gasteiger partial charge in [0.05, 0.1) is 5.41 Å². The van der Waals surface area contributed by atoms with Crippen molar-refractivity contribution in [2.75, 3.05) is 0 Å². The van der Waals surface area contributed by atoms with E-state index in [4.69, 9.17) is 4.74 Å². The van der Waals surface area contributed by atoms with Crippen LogP contribution in [0.5, 0.6) is 0 Å². The summed E-state index contributed by atoms with van der Waals surface area (Å²) in [5.41, 5.74) is -0.853. The molecular weight excluding hydrogens is 432 g/mol. The molecule has 1 saturated carbocycles. The molecule has 0 bridgehead atoms. The molecule has 6 nitrogen and oxygen atoms in total. The molecule has 0 heterocycles. The molecule has 0 aliphatic heterocycles. The van der Waals surface area contributed by atoms with Gasteiger partial charge < -0.3 is 14.9 Å². The topological polar surface area (TPSA) is 101 Å². The molecule has 2 N–H and O–H groups in total.